The van der Waals surface area contributed by atoms with Crippen LogP contribution in [0.1, 0.15) is 35.0 Å². The van der Waals surface area contributed by atoms with E-state index >= 15 is 0 Å². The molecule has 1 aliphatic carbocycles. The lowest BCUT2D eigenvalue weighted by atomic mass is 10.0. The van der Waals surface area contributed by atoms with Gasteiger partial charge in [0.1, 0.15) is 11.9 Å². The quantitative estimate of drug-likeness (QED) is 0.573. The monoisotopic (exact) mass is 471 g/mol. The molecule has 0 bridgehead atoms. The van der Waals surface area contributed by atoms with Crippen molar-refractivity contribution in [3.63, 3.8) is 0 Å². The molecule has 3 aromatic rings. The minimum Gasteiger partial charge on any atom is -0.484 e. The number of likely N-dealkylation sites (tertiary alicyclic amines) is 1. The number of β-amino-alcohol motifs (C(OH)–C–C–N with tert-alkyl or cyclic N) is 1. The fourth-order valence-electron chi connectivity index (χ4n) is 5.19. The number of hydrogen-bond donors (Lipinski definition) is 1. The number of nitrogens with zero attached hydrogens (tertiary/aromatic N) is 3. The van der Waals surface area contributed by atoms with Gasteiger partial charge >= 0.3 is 0 Å². The third kappa shape index (κ3) is 3.81. The number of aliphatic hydroxyl groups is 1. The van der Waals surface area contributed by atoms with E-state index in [9.17, 15) is 5.11 Å². The maximum atomic E-state index is 10.1. The van der Waals surface area contributed by atoms with Crippen LogP contribution in [0.3, 0.4) is 0 Å². The molecule has 168 valence electrons. The molecule has 1 N–H and O–H groups in total. The number of halogens is 2. The first kappa shape index (κ1) is 21.8. The Hall–Kier alpha value is -2.05. The van der Waals surface area contributed by atoms with E-state index in [0.29, 0.717) is 16.6 Å². The fraction of sp³-hybridized carbons (Fsp3) is 0.400. The molecule has 2 aromatic carbocycles. The van der Waals surface area contributed by atoms with Gasteiger partial charge in [0.2, 0.25) is 0 Å². The predicted octanol–water partition coefficient (Wildman–Crippen LogP) is 5.12. The summed E-state index contributed by atoms with van der Waals surface area (Å²) in [5.41, 5.74) is 6.56. The number of ether oxygens (including phenoxy) is 1. The average molecular weight is 472 g/mol. The summed E-state index contributed by atoms with van der Waals surface area (Å²) in [7, 11) is 1.96. The van der Waals surface area contributed by atoms with E-state index in [1.807, 2.05) is 36.9 Å². The zero-order valence-corrected chi connectivity index (χ0v) is 20.0. The summed E-state index contributed by atoms with van der Waals surface area (Å²) in [5.74, 6) is 0.798. The normalized spacial score (nSPS) is 23.0. The van der Waals surface area contributed by atoms with Crippen molar-refractivity contribution in [2.75, 3.05) is 13.1 Å². The van der Waals surface area contributed by atoms with Crippen LogP contribution in [-0.2, 0) is 13.5 Å². The zero-order chi connectivity index (χ0) is 22.6. The highest BCUT2D eigenvalue weighted by Gasteiger charge is 2.41. The first-order chi connectivity index (χ1) is 15.3. The van der Waals surface area contributed by atoms with Gasteiger partial charge in [0.25, 0.3) is 0 Å². The molecule has 3 atom stereocenters. The minimum atomic E-state index is -0.288. The Morgan fingerprint density at radius 2 is 1.88 bits per heavy atom. The van der Waals surface area contributed by atoms with E-state index in [0.717, 1.165) is 58.8 Å². The summed E-state index contributed by atoms with van der Waals surface area (Å²) in [6.45, 7) is 5.62. The number of aromatic nitrogens is 2. The molecule has 1 fully saturated rings. The molecule has 0 unspecified atom stereocenters. The maximum Gasteiger partial charge on any atom is 0.140 e. The number of benzene rings is 2. The molecule has 2 aliphatic rings. The van der Waals surface area contributed by atoms with Crippen molar-refractivity contribution in [2.45, 2.75) is 44.9 Å². The third-order valence-corrected chi connectivity index (χ3v) is 7.40. The predicted molar refractivity (Wildman–Crippen MR) is 128 cm³/mol. The van der Waals surface area contributed by atoms with Crippen LogP contribution >= 0.6 is 23.2 Å². The van der Waals surface area contributed by atoms with Gasteiger partial charge in [-0.3, -0.25) is 9.58 Å². The number of aryl methyl sites for hydroxylation is 2. The zero-order valence-electron chi connectivity index (χ0n) is 18.5. The summed E-state index contributed by atoms with van der Waals surface area (Å²) in [4.78, 5) is 2.32. The van der Waals surface area contributed by atoms with Crippen LogP contribution in [0.2, 0.25) is 10.0 Å². The molecule has 0 amide bonds. The first-order valence-electron chi connectivity index (χ1n) is 11.0. The van der Waals surface area contributed by atoms with Gasteiger partial charge in [0, 0.05) is 47.0 Å². The molecule has 2 heterocycles. The van der Waals surface area contributed by atoms with Crippen molar-refractivity contribution < 1.29 is 9.84 Å². The van der Waals surface area contributed by atoms with E-state index in [-0.39, 0.29) is 18.2 Å². The number of rotatable bonds is 4. The van der Waals surface area contributed by atoms with E-state index in [4.69, 9.17) is 27.9 Å². The van der Waals surface area contributed by atoms with Gasteiger partial charge in [0.05, 0.1) is 17.8 Å². The Bertz CT molecular complexity index is 1160. The Balaban J connectivity index is 1.46. The molecular formula is C25H27Cl2N3O2. The number of fused-ring (bicyclic) bond motifs is 1. The molecule has 1 aliphatic heterocycles. The largest absolute Gasteiger partial charge is 0.484 e. The number of aliphatic hydroxyl groups excluding tert-OH is 1. The van der Waals surface area contributed by atoms with Crippen molar-refractivity contribution in [3.8, 4) is 16.9 Å². The van der Waals surface area contributed by atoms with Crippen molar-refractivity contribution >= 4 is 23.2 Å². The molecule has 0 saturated carbocycles. The summed E-state index contributed by atoms with van der Waals surface area (Å²) in [6.07, 6.45) is 1.09. The van der Waals surface area contributed by atoms with Crippen LogP contribution in [0, 0.1) is 13.8 Å². The highest BCUT2D eigenvalue weighted by atomic mass is 35.5. The summed E-state index contributed by atoms with van der Waals surface area (Å²) < 4.78 is 8.48. The number of hydrogen-bond acceptors (Lipinski definition) is 4. The molecule has 5 rings (SSSR count). The van der Waals surface area contributed by atoms with Gasteiger partial charge in [-0.15, -0.1) is 0 Å². The SMILES string of the molecule is Cc1nn(C)c(C)c1-c1ccc(O[C@@H]2c3cc(Cl)cc(Cl)c3C[C@@H]2N2CC[C@@H](O)C2)cc1. The Labute approximate surface area is 198 Å². The molecule has 5 nitrogen and oxygen atoms in total. The molecule has 32 heavy (non-hydrogen) atoms. The van der Waals surface area contributed by atoms with Gasteiger partial charge < -0.3 is 9.84 Å². The van der Waals surface area contributed by atoms with Crippen LogP contribution in [-0.4, -0.2) is 45.0 Å². The molecule has 1 saturated heterocycles. The Morgan fingerprint density at radius 3 is 2.50 bits per heavy atom. The molecule has 1 aromatic heterocycles. The van der Waals surface area contributed by atoms with E-state index in [1.54, 1.807) is 6.07 Å². The van der Waals surface area contributed by atoms with Crippen LogP contribution in [0.25, 0.3) is 11.1 Å². The summed E-state index contributed by atoms with van der Waals surface area (Å²) >= 11 is 12.9. The fourth-order valence-corrected chi connectivity index (χ4v) is 5.77. The molecule has 0 spiro atoms. The minimum absolute atomic E-state index is 0.112. The topological polar surface area (TPSA) is 50.5 Å². The van der Waals surface area contributed by atoms with Crippen molar-refractivity contribution in [3.05, 3.63) is 69.0 Å². The van der Waals surface area contributed by atoms with Crippen LogP contribution < -0.4 is 4.74 Å². The van der Waals surface area contributed by atoms with Crippen LogP contribution in [0.15, 0.2) is 36.4 Å². The lowest BCUT2D eigenvalue weighted by Gasteiger charge is -2.30. The van der Waals surface area contributed by atoms with Gasteiger partial charge in [-0.2, -0.15) is 5.10 Å². The third-order valence-electron chi connectivity index (χ3n) is 6.84. The van der Waals surface area contributed by atoms with Gasteiger partial charge in [-0.1, -0.05) is 35.3 Å². The second kappa shape index (κ2) is 8.38. The second-order valence-corrected chi connectivity index (χ2v) is 9.74. The van der Waals surface area contributed by atoms with Crippen LogP contribution in [0.4, 0.5) is 0 Å². The van der Waals surface area contributed by atoms with E-state index in [1.165, 1.54) is 0 Å². The summed E-state index contributed by atoms with van der Waals surface area (Å²) in [5, 5.41) is 15.9. The van der Waals surface area contributed by atoms with Crippen molar-refractivity contribution in [1.82, 2.24) is 14.7 Å². The van der Waals surface area contributed by atoms with Crippen molar-refractivity contribution in [1.29, 1.82) is 0 Å². The Morgan fingerprint density at radius 1 is 1.12 bits per heavy atom. The lowest BCUT2D eigenvalue weighted by Crippen LogP contribution is -2.39. The van der Waals surface area contributed by atoms with E-state index < -0.39 is 0 Å². The van der Waals surface area contributed by atoms with E-state index in [2.05, 4.69) is 29.1 Å². The standard InChI is InChI=1S/C25H27Cl2N3O2/c1-14-24(15(2)29(3)28-14)16-4-6-19(7-5-16)32-25-21-10-17(26)11-22(27)20(21)12-23(25)30-9-8-18(31)13-30/h4-7,10-11,18,23,25,31H,8-9,12-13H2,1-3H3/t18-,23+,25-/m1/s1. The lowest BCUT2D eigenvalue weighted by molar-refractivity contribution is 0.0818. The highest BCUT2D eigenvalue weighted by molar-refractivity contribution is 6.35. The van der Waals surface area contributed by atoms with Crippen molar-refractivity contribution in [2.24, 2.45) is 7.05 Å². The maximum absolute atomic E-state index is 10.1. The highest BCUT2D eigenvalue weighted by Crippen LogP contribution is 2.43. The average Bonchev–Trinajstić information content (AvgIpc) is 3.40. The van der Waals surface area contributed by atoms with Gasteiger partial charge in [-0.25, -0.2) is 0 Å². The van der Waals surface area contributed by atoms with Gasteiger partial charge in [-0.05, 0) is 62.1 Å². The van der Waals surface area contributed by atoms with Crippen LogP contribution in [0.5, 0.6) is 5.75 Å². The second-order valence-electron chi connectivity index (χ2n) is 8.90. The first-order valence-corrected chi connectivity index (χ1v) is 11.7. The van der Waals surface area contributed by atoms with Gasteiger partial charge in [0.15, 0.2) is 0 Å². The summed E-state index contributed by atoms with van der Waals surface area (Å²) in [6, 6.07) is 12.1. The smallest absolute Gasteiger partial charge is 0.140 e. The Kier molecular flexibility index (Phi) is 5.70. The molecule has 7 heteroatoms. The molecular weight excluding hydrogens is 445 g/mol. The molecule has 0 radical (unpaired) electrons.